The van der Waals surface area contributed by atoms with Crippen molar-refractivity contribution in [2.45, 2.75) is 33.1 Å². The first-order valence-corrected chi connectivity index (χ1v) is 5.39. The SMILES string of the molecule is C=CC1=C(C=C)CC(CCO)C1.CC. The Morgan fingerprint density at radius 1 is 1.21 bits per heavy atom. The molecule has 0 radical (unpaired) electrons. The molecule has 1 aliphatic rings. The fraction of sp³-hybridized carbons (Fsp3) is 0.538. The molecule has 0 bridgehead atoms. The van der Waals surface area contributed by atoms with Crippen LogP contribution in [-0.4, -0.2) is 11.7 Å². The summed E-state index contributed by atoms with van der Waals surface area (Å²) in [5, 5.41) is 8.77. The quantitative estimate of drug-likeness (QED) is 0.726. The van der Waals surface area contributed by atoms with E-state index in [0.717, 1.165) is 19.3 Å². The van der Waals surface area contributed by atoms with Crippen molar-refractivity contribution in [1.29, 1.82) is 0 Å². The molecule has 0 aromatic rings. The number of aliphatic hydroxyl groups is 1. The van der Waals surface area contributed by atoms with Gasteiger partial charge in [0.05, 0.1) is 0 Å². The minimum atomic E-state index is 0.291. The van der Waals surface area contributed by atoms with Crippen molar-refractivity contribution < 1.29 is 5.11 Å². The summed E-state index contributed by atoms with van der Waals surface area (Å²) in [6.07, 6.45) is 6.84. The zero-order valence-electron chi connectivity index (χ0n) is 9.42. The molecule has 0 aliphatic heterocycles. The normalized spacial score (nSPS) is 16.2. The highest BCUT2D eigenvalue weighted by Crippen LogP contribution is 2.34. The molecular weight excluding hydrogens is 172 g/mol. The van der Waals surface area contributed by atoms with Crippen molar-refractivity contribution in [3.63, 3.8) is 0 Å². The highest BCUT2D eigenvalue weighted by Gasteiger charge is 2.19. The van der Waals surface area contributed by atoms with Crippen molar-refractivity contribution in [2.24, 2.45) is 5.92 Å². The Labute approximate surface area is 87.8 Å². The number of rotatable bonds is 4. The Balaban J connectivity index is 0.000000791. The lowest BCUT2D eigenvalue weighted by Crippen LogP contribution is -1.97. The second-order valence-electron chi connectivity index (χ2n) is 3.25. The molecule has 0 saturated heterocycles. The molecule has 0 aromatic carbocycles. The van der Waals surface area contributed by atoms with Crippen LogP contribution >= 0.6 is 0 Å². The highest BCUT2D eigenvalue weighted by molar-refractivity contribution is 5.35. The van der Waals surface area contributed by atoms with Gasteiger partial charge in [-0.15, -0.1) is 0 Å². The first-order valence-electron chi connectivity index (χ1n) is 5.39. The van der Waals surface area contributed by atoms with Crippen LogP contribution in [0.25, 0.3) is 0 Å². The van der Waals surface area contributed by atoms with Crippen LogP contribution in [0.2, 0.25) is 0 Å². The van der Waals surface area contributed by atoms with Crippen LogP contribution < -0.4 is 0 Å². The summed E-state index contributed by atoms with van der Waals surface area (Å²) < 4.78 is 0. The molecule has 0 unspecified atom stereocenters. The van der Waals surface area contributed by atoms with Gasteiger partial charge in [0.25, 0.3) is 0 Å². The van der Waals surface area contributed by atoms with Crippen LogP contribution in [0.5, 0.6) is 0 Å². The molecule has 80 valence electrons. The van der Waals surface area contributed by atoms with E-state index in [4.69, 9.17) is 5.11 Å². The lowest BCUT2D eigenvalue weighted by atomic mass is 10.0. The van der Waals surface area contributed by atoms with Crippen LogP contribution in [0.1, 0.15) is 33.1 Å². The molecule has 1 aliphatic carbocycles. The third kappa shape index (κ3) is 3.51. The second kappa shape index (κ2) is 7.57. The summed E-state index contributed by atoms with van der Waals surface area (Å²) in [4.78, 5) is 0. The van der Waals surface area contributed by atoms with Crippen molar-refractivity contribution in [3.8, 4) is 0 Å². The lowest BCUT2D eigenvalue weighted by molar-refractivity contribution is 0.259. The predicted molar refractivity (Wildman–Crippen MR) is 63.2 cm³/mol. The molecule has 1 rings (SSSR count). The van der Waals surface area contributed by atoms with Crippen LogP contribution in [0.4, 0.5) is 0 Å². The number of allylic oxidation sites excluding steroid dienone is 4. The molecular formula is C13H22O. The van der Waals surface area contributed by atoms with E-state index < -0.39 is 0 Å². The molecule has 0 spiro atoms. The number of aliphatic hydroxyl groups excluding tert-OH is 1. The van der Waals surface area contributed by atoms with Crippen LogP contribution in [0.15, 0.2) is 36.5 Å². The Bertz CT molecular complexity index is 193. The monoisotopic (exact) mass is 194 g/mol. The Kier molecular flexibility index (Phi) is 7.13. The molecule has 0 heterocycles. The minimum Gasteiger partial charge on any atom is -0.396 e. The van der Waals surface area contributed by atoms with Gasteiger partial charge in [-0.25, -0.2) is 0 Å². The van der Waals surface area contributed by atoms with Gasteiger partial charge in [-0.3, -0.25) is 0 Å². The van der Waals surface area contributed by atoms with Gasteiger partial charge in [0.2, 0.25) is 0 Å². The molecule has 14 heavy (non-hydrogen) atoms. The molecule has 0 fully saturated rings. The Morgan fingerprint density at radius 2 is 1.64 bits per heavy atom. The Hall–Kier alpha value is -0.820. The van der Waals surface area contributed by atoms with E-state index >= 15 is 0 Å². The van der Waals surface area contributed by atoms with Gasteiger partial charge in [0, 0.05) is 6.61 Å². The van der Waals surface area contributed by atoms with Gasteiger partial charge in [0.1, 0.15) is 0 Å². The minimum absolute atomic E-state index is 0.291. The van der Waals surface area contributed by atoms with E-state index in [-0.39, 0.29) is 0 Å². The first-order chi connectivity index (χ1) is 6.81. The first kappa shape index (κ1) is 13.2. The maximum absolute atomic E-state index is 8.77. The van der Waals surface area contributed by atoms with E-state index in [2.05, 4.69) is 13.2 Å². The fourth-order valence-corrected chi connectivity index (χ4v) is 1.77. The van der Waals surface area contributed by atoms with E-state index in [1.165, 1.54) is 11.1 Å². The summed E-state index contributed by atoms with van der Waals surface area (Å²) in [5.41, 5.74) is 2.62. The topological polar surface area (TPSA) is 20.2 Å². The number of hydrogen-bond acceptors (Lipinski definition) is 1. The van der Waals surface area contributed by atoms with E-state index in [1.807, 2.05) is 26.0 Å². The fourth-order valence-electron chi connectivity index (χ4n) is 1.77. The summed E-state index contributed by atoms with van der Waals surface area (Å²) in [6, 6.07) is 0. The third-order valence-corrected chi connectivity index (χ3v) is 2.46. The maximum Gasteiger partial charge on any atom is 0.0433 e. The van der Waals surface area contributed by atoms with Gasteiger partial charge in [-0.2, -0.15) is 0 Å². The van der Waals surface area contributed by atoms with Crippen molar-refractivity contribution in [2.75, 3.05) is 6.61 Å². The summed E-state index contributed by atoms with van der Waals surface area (Å²) in [6.45, 7) is 11.8. The molecule has 1 nitrogen and oxygen atoms in total. The van der Waals surface area contributed by atoms with Crippen LogP contribution in [0, 0.1) is 5.92 Å². The van der Waals surface area contributed by atoms with Gasteiger partial charge in [-0.1, -0.05) is 39.2 Å². The largest absolute Gasteiger partial charge is 0.396 e. The van der Waals surface area contributed by atoms with Gasteiger partial charge in [-0.05, 0) is 36.3 Å². The maximum atomic E-state index is 8.77. The van der Waals surface area contributed by atoms with Gasteiger partial charge in [0.15, 0.2) is 0 Å². The third-order valence-electron chi connectivity index (χ3n) is 2.46. The Morgan fingerprint density at radius 3 is 1.93 bits per heavy atom. The molecule has 0 aromatic heterocycles. The second-order valence-corrected chi connectivity index (χ2v) is 3.25. The zero-order valence-corrected chi connectivity index (χ0v) is 9.42. The lowest BCUT2D eigenvalue weighted by Gasteiger charge is -2.05. The highest BCUT2D eigenvalue weighted by atomic mass is 16.3. The van der Waals surface area contributed by atoms with Crippen molar-refractivity contribution >= 4 is 0 Å². The van der Waals surface area contributed by atoms with Gasteiger partial charge < -0.3 is 5.11 Å². The van der Waals surface area contributed by atoms with Crippen molar-refractivity contribution in [3.05, 3.63) is 36.5 Å². The average molecular weight is 194 g/mol. The van der Waals surface area contributed by atoms with Crippen LogP contribution in [0.3, 0.4) is 0 Å². The smallest absolute Gasteiger partial charge is 0.0433 e. The zero-order chi connectivity index (χ0) is 11.0. The van der Waals surface area contributed by atoms with E-state index in [1.54, 1.807) is 0 Å². The summed E-state index contributed by atoms with van der Waals surface area (Å²) in [5.74, 6) is 0.607. The molecule has 1 heteroatoms. The predicted octanol–water partition coefficient (Wildman–Crippen LogP) is 3.47. The van der Waals surface area contributed by atoms with Gasteiger partial charge >= 0.3 is 0 Å². The summed E-state index contributed by atoms with van der Waals surface area (Å²) in [7, 11) is 0. The molecule has 0 saturated carbocycles. The van der Waals surface area contributed by atoms with Crippen molar-refractivity contribution in [1.82, 2.24) is 0 Å². The van der Waals surface area contributed by atoms with Crippen LogP contribution in [-0.2, 0) is 0 Å². The standard InChI is InChI=1S/C11H16O.C2H6/c1-3-10-7-9(5-6-12)8-11(10)4-2;1-2/h3-4,9,12H,1-2,5-8H2;1-2H3. The van der Waals surface area contributed by atoms with E-state index in [0.29, 0.717) is 12.5 Å². The van der Waals surface area contributed by atoms with E-state index in [9.17, 15) is 0 Å². The molecule has 1 N–H and O–H groups in total. The molecule has 0 amide bonds. The molecule has 0 atom stereocenters. The average Bonchev–Trinajstić information content (AvgIpc) is 2.64. The number of hydrogen-bond donors (Lipinski definition) is 1. The summed E-state index contributed by atoms with van der Waals surface area (Å²) >= 11 is 0.